The van der Waals surface area contributed by atoms with Crippen LogP contribution in [0.1, 0.15) is 39.5 Å². The summed E-state index contributed by atoms with van der Waals surface area (Å²) in [5, 5.41) is 10.2. The number of piperidine rings is 1. The highest BCUT2D eigenvalue weighted by Crippen LogP contribution is 2.30. The van der Waals surface area contributed by atoms with Gasteiger partial charge in [-0.1, -0.05) is 17.7 Å². The van der Waals surface area contributed by atoms with Gasteiger partial charge in [0, 0.05) is 31.5 Å². The van der Waals surface area contributed by atoms with Crippen molar-refractivity contribution in [3.05, 3.63) is 35.5 Å². The molecule has 172 valence electrons. The van der Waals surface area contributed by atoms with Crippen molar-refractivity contribution in [1.82, 2.24) is 15.3 Å². The minimum Gasteiger partial charge on any atom is -0.376 e. The van der Waals surface area contributed by atoms with Crippen LogP contribution in [0.3, 0.4) is 0 Å². The smallest absolute Gasteiger partial charge is 0.229 e. The van der Waals surface area contributed by atoms with Gasteiger partial charge in [-0.3, -0.25) is 4.79 Å². The third-order valence-corrected chi connectivity index (χ3v) is 6.47. The lowest BCUT2D eigenvalue weighted by Gasteiger charge is -2.35. The Morgan fingerprint density at radius 3 is 2.97 bits per heavy atom. The molecule has 0 radical (unpaired) electrons. The van der Waals surface area contributed by atoms with Gasteiger partial charge in [0.15, 0.2) is 0 Å². The Morgan fingerprint density at radius 2 is 2.19 bits per heavy atom. The highest BCUT2D eigenvalue weighted by Gasteiger charge is 2.28. The van der Waals surface area contributed by atoms with Crippen molar-refractivity contribution in [2.24, 2.45) is 11.8 Å². The molecule has 3 N–H and O–H groups in total. The largest absolute Gasteiger partial charge is 0.376 e. The quantitative estimate of drug-likeness (QED) is 0.597. The molecule has 2 saturated heterocycles. The highest BCUT2D eigenvalue weighted by atomic mass is 35.5. The van der Waals surface area contributed by atoms with Crippen molar-refractivity contribution in [2.75, 3.05) is 36.9 Å². The van der Waals surface area contributed by atoms with Gasteiger partial charge < -0.3 is 20.7 Å². The maximum atomic E-state index is 12.6. The molecule has 32 heavy (non-hydrogen) atoms. The molecule has 0 spiro atoms. The summed E-state index contributed by atoms with van der Waals surface area (Å²) in [5.41, 5.74) is 1.41. The molecule has 2 aromatic heterocycles. The number of pyridine rings is 2. The lowest BCUT2D eigenvalue weighted by Crippen LogP contribution is -2.37. The molecular formula is C24H32ClN5O2. The summed E-state index contributed by atoms with van der Waals surface area (Å²) in [6, 6.07) is 7.63. The number of nitrogens with one attached hydrogen (secondary N) is 3. The minimum atomic E-state index is -0.0705. The second-order valence-corrected chi connectivity index (χ2v) is 9.75. The molecule has 2 aliphatic rings. The number of hydrogen-bond donors (Lipinski definition) is 3. The van der Waals surface area contributed by atoms with E-state index in [9.17, 15) is 4.79 Å². The topological polar surface area (TPSA) is 88.2 Å². The Bertz CT molecular complexity index is 946. The minimum absolute atomic E-state index is 0.0132. The standard InChI is InChI=1S/C24H32ClN5O2/c1-24(2)12-16(8-10-32-24)13-27-21-7-3-6-20(29-21)18-11-22(28-15-19(18)25)30-23(31)17-5-4-9-26-14-17/h3,6-7,11,15-17,26H,4-5,8-10,12-14H2,1-2H3,(H,27,29)(H,28,30,31)/t16-,17?/m0/s1. The molecule has 4 heterocycles. The first-order valence-corrected chi connectivity index (χ1v) is 11.8. The number of carbonyl (C=O) groups is 1. The first-order valence-electron chi connectivity index (χ1n) is 11.4. The molecule has 1 unspecified atom stereocenters. The van der Waals surface area contributed by atoms with E-state index in [1.807, 2.05) is 18.2 Å². The summed E-state index contributed by atoms with van der Waals surface area (Å²) in [6.07, 6.45) is 5.53. The van der Waals surface area contributed by atoms with Gasteiger partial charge in [-0.05, 0) is 70.2 Å². The molecule has 4 rings (SSSR count). The fourth-order valence-corrected chi connectivity index (χ4v) is 4.67. The van der Waals surface area contributed by atoms with Crippen LogP contribution in [-0.4, -0.2) is 47.7 Å². The Labute approximate surface area is 194 Å². The van der Waals surface area contributed by atoms with Crippen molar-refractivity contribution in [1.29, 1.82) is 0 Å². The van der Waals surface area contributed by atoms with E-state index in [0.717, 1.165) is 62.5 Å². The predicted octanol–water partition coefficient (Wildman–Crippen LogP) is 4.35. The van der Waals surface area contributed by atoms with Crippen molar-refractivity contribution in [2.45, 2.75) is 45.1 Å². The number of aromatic nitrogens is 2. The zero-order valence-corrected chi connectivity index (χ0v) is 19.5. The average Bonchev–Trinajstić information content (AvgIpc) is 2.79. The van der Waals surface area contributed by atoms with Crippen LogP contribution in [0.15, 0.2) is 30.5 Å². The number of rotatable bonds is 6. The van der Waals surface area contributed by atoms with E-state index in [4.69, 9.17) is 21.3 Å². The lowest BCUT2D eigenvalue weighted by molar-refractivity contribution is -0.120. The number of hydrogen-bond acceptors (Lipinski definition) is 6. The fourth-order valence-electron chi connectivity index (χ4n) is 4.47. The van der Waals surface area contributed by atoms with Crippen molar-refractivity contribution in [3.63, 3.8) is 0 Å². The molecule has 0 aliphatic carbocycles. The Morgan fingerprint density at radius 1 is 1.31 bits per heavy atom. The van der Waals surface area contributed by atoms with Crippen molar-refractivity contribution < 1.29 is 9.53 Å². The molecule has 8 heteroatoms. The van der Waals surface area contributed by atoms with Gasteiger partial charge in [-0.15, -0.1) is 0 Å². The summed E-state index contributed by atoms with van der Waals surface area (Å²) < 4.78 is 5.82. The van der Waals surface area contributed by atoms with Crippen LogP contribution in [-0.2, 0) is 9.53 Å². The molecule has 2 aromatic rings. The molecule has 2 atom stereocenters. The first kappa shape index (κ1) is 23.0. The molecule has 0 aromatic carbocycles. The molecular weight excluding hydrogens is 426 g/mol. The number of nitrogens with zero attached hydrogens (tertiary/aromatic N) is 2. The van der Waals surface area contributed by atoms with E-state index in [0.29, 0.717) is 23.3 Å². The van der Waals surface area contributed by atoms with Gasteiger partial charge in [0.2, 0.25) is 5.91 Å². The van der Waals surface area contributed by atoms with Gasteiger partial charge in [0.25, 0.3) is 0 Å². The second kappa shape index (κ2) is 10.1. The van der Waals surface area contributed by atoms with E-state index in [2.05, 4.69) is 34.8 Å². The van der Waals surface area contributed by atoms with Gasteiger partial charge in [0.1, 0.15) is 11.6 Å². The third-order valence-electron chi connectivity index (χ3n) is 6.17. The molecule has 2 aliphatic heterocycles. The number of ether oxygens (including phenoxy) is 1. The van der Waals surface area contributed by atoms with Crippen molar-refractivity contribution in [3.8, 4) is 11.3 Å². The number of anilines is 2. The molecule has 1 amide bonds. The van der Waals surface area contributed by atoms with E-state index in [1.165, 1.54) is 0 Å². The molecule has 0 bridgehead atoms. The van der Waals surface area contributed by atoms with Crippen LogP contribution in [0.2, 0.25) is 5.02 Å². The lowest BCUT2D eigenvalue weighted by atomic mass is 9.88. The predicted molar refractivity (Wildman–Crippen MR) is 128 cm³/mol. The number of carbonyl (C=O) groups excluding carboxylic acids is 1. The fraction of sp³-hybridized carbons (Fsp3) is 0.542. The maximum absolute atomic E-state index is 12.6. The summed E-state index contributed by atoms with van der Waals surface area (Å²) in [6.45, 7) is 7.60. The summed E-state index contributed by atoms with van der Waals surface area (Å²) in [5.74, 6) is 1.79. The van der Waals surface area contributed by atoms with E-state index in [1.54, 1.807) is 12.3 Å². The molecule has 2 fully saturated rings. The normalized spacial score (nSPS) is 22.8. The summed E-state index contributed by atoms with van der Waals surface area (Å²) in [7, 11) is 0. The van der Waals surface area contributed by atoms with E-state index in [-0.39, 0.29) is 17.4 Å². The number of amides is 1. The zero-order chi connectivity index (χ0) is 22.6. The SMILES string of the molecule is CC1(C)C[C@@H](CNc2cccc(-c3cc(NC(=O)C4CCCNC4)ncc3Cl)n2)CCO1. The van der Waals surface area contributed by atoms with Gasteiger partial charge in [-0.25, -0.2) is 9.97 Å². The first-order chi connectivity index (χ1) is 15.4. The van der Waals surface area contributed by atoms with Crippen LogP contribution in [0.25, 0.3) is 11.3 Å². The van der Waals surface area contributed by atoms with Gasteiger partial charge in [0.05, 0.1) is 22.2 Å². The van der Waals surface area contributed by atoms with Crippen LogP contribution >= 0.6 is 11.6 Å². The average molecular weight is 458 g/mol. The molecule has 7 nitrogen and oxygen atoms in total. The Hall–Kier alpha value is -2.22. The zero-order valence-electron chi connectivity index (χ0n) is 18.8. The highest BCUT2D eigenvalue weighted by molar-refractivity contribution is 6.33. The monoisotopic (exact) mass is 457 g/mol. The van der Waals surface area contributed by atoms with E-state index >= 15 is 0 Å². The van der Waals surface area contributed by atoms with Crippen LogP contribution in [0.4, 0.5) is 11.6 Å². The number of halogens is 1. The Balaban J connectivity index is 1.43. The van der Waals surface area contributed by atoms with Gasteiger partial charge in [-0.2, -0.15) is 0 Å². The maximum Gasteiger partial charge on any atom is 0.229 e. The third kappa shape index (κ3) is 5.97. The second-order valence-electron chi connectivity index (χ2n) is 9.34. The summed E-state index contributed by atoms with van der Waals surface area (Å²) in [4.78, 5) is 21.6. The van der Waals surface area contributed by atoms with Crippen LogP contribution in [0, 0.1) is 11.8 Å². The summed E-state index contributed by atoms with van der Waals surface area (Å²) >= 11 is 6.44. The Kier molecular flexibility index (Phi) is 7.28. The van der Waals surface area contributed by atoms with Gasteiger partial charge >= 0.3 is 0 Å². The van der Waals surface area contributed by atoms with E-state index < -0.39 is 0 Å². The molecule has 0 saturated carbocycles. The van der Waals surface area contributed by atoms with Crippen LogP contribution < -0.4 is 16.0 Å². The van der Waals surface area contributed by atoms with Crippen LogP contribution in [0.5, 0.6) is 0 Å². The van der Waals surface area contributed by atoms with Crippen molar-refractivity contribution >= 4 is 29.1 Å².